The number of esters is 4. The van der Waals surface area contributed by atoms with Crippen molar-refractivity contribution in [3.8, 4) is 34.5 Å². The number of carbonyl (C=O) groups is 4. The van der Waals surface area contributed by atoms with Crippen LogP contribution in [0.25, 0.3) is 0 Å². The fourth-order valence-electron chi connectivity index (χ4n) is 3.95. The average Bonchev–Trinajstić information content (AvgIpc) is 3.02. The molecule has 3 aromatic rings. The number of ether oxygens (including phenoxy) is 8. The van der Waals surface area contributed by atoms with Crippen molar-refractivity contribution >= 4 is 23.9 Å². The normalized spacial score (nSPS) is 10.4. The van der Waals surface area contributed by atoms with Crippen LogP contribution in [0.5, 0.6) is 34.5 Å². The van der Waals surface area contributed by atoms with Crippen molar-refractivity contribution in [3.05, 3.63) is 71.3 Å². The third-order valence-corrected chi connectivity index (χ3v) is 6.04. The van der Waals surface area contributed by atoms with Crippen molar-refractivity contribution in [1.82, 2.24) is 0 Å². The zero-order valence-corrected chi connectivity index (χ0v) is 23.9. The number of hydrogen-bond donors (Lipinski definition) is 0. The molecule has 0 spiro atoms. The molecule has 3 rings (SSSR count). The Morgan fingerprint density at radius 3 is 1.21 bits per heavy atom. The van der Waals surface area contributed by atoms with Gasteiger partial charge in [0.2, 0.25) is 11.5 Å². The molecule has 0 aliphatic heterocycles. The van der Waals surface area contributed by atoms with Gasteiger partial charge in [-0.15, -0.1) is 0 Å². The summed E-state index contributed by atoms with van der Waals surface area (Å²) in [6.45, 7) is 0. The predicted molar refractivity (Wildman–Crippen MR) is 147 cm³/mol. The van der Waals surface area contributed by atoms with E-state index >= 15 is 0 Å². The molecule has 222 valence electrons. The van der Waals surface area contributed by atoms with Crippen LogP contribution in [0.1, 0.15) is 26.3 Å². The first kappa shape index (κ1) is 31.3. The number of hydrogen-bond acceptors (Lipinski definition) is 12. The molecule has 0 aliphatic carbocycles. The lowest BCUT2D eigenvalue weighted by Crippen LogP contribution is -2.32. The molecule has 42 heavy (non-hydrogen) atoms. The highest BCUT2D eigenvalue weighted by Gasteiger charge is 2.34. The largest absolute Gasteiger partial charge is 0.493 e. The van der Waals surface area contributed by atoms with Crippen molar-refractivity contribution in [2.75, 3.05) is 42.7 Å². The second kappa shape index (κ2) is 14.4. The van der Waals surface area contributed by atoms with E-state index in [4.69, 9.17) is 37.9 Å². The van der Waals surface area contributed by atoms with Gasteiger partial charge in [0.15, 0.2) is 28.9 Å². The minimum Gasteiger partial charge on any atom is -0.493 e. The van der Waals surface area contributed by atoms with E-state index in [1.54, 1.807) is 30.3 Å². The molecule has 12 heteroatoms. The van der Waals surface area contributed by atoms with Gasteiger partial charge in [-0.2, -0.15) is 0 Å². The van der Waals surface area contributed by atoms with E-state index in [1.165, 1.54) is 66.9 Å². The molecule has 0 radical (unpaired) electrons. The van der Waals surface area contributed by atoms with Crippen molar-refractivity contribution < 1.29 is 57.1 Å². The van der Waals surface area contributed by atoms with Crippen molar-refractivity contribution in [1.29, 1.82) is 0 Å². The molecule has 0 N–H and O–H groups in total. The SMILES string of the molecule is COc1cc(C(=O)OC(=O)C(Cc2ccccc2)C(=O)OC(=O)c2cc(OC)c(OC)c(OC)c2)cc(OC)c1OC. The Balaban J connectivity index is 1.89. The Morgan fingerprint density at radius 2 is 0.905 bits per heavy atom. The third-order valence-electron chi connectivity index (χ3n) is 6.04. The van der Waals surface area contributed by atoms with Gasteiger partial charge >= 0.3 is 23.9 Å². The summed E-state index contributed by atoms with van der Waals surface area (Å²) in [5.74, 6) is -5.32. The van der Waals surface area contributed by atoms with Gasteiger partial charge in [0.05, 0.1) is 53.8 Å². The fraction of sp³-hybridized carbons (Fsp3) is 0.267. The molecule has 0 heterocycles. The molecule has 0 saturated heterocycles. The topological polar surface area (TPSA) is 142 Å². The average molecular weight is 583 g/mol. The number of methoxy groups -OCH3 is 6. The second-order valence-electron chi connectivity index (χ2n) is 8.49. The maximum atomic E-state index is 13.2. The Labute approximate surface area is 241 Å². The van der Waals surface area contributed by atoms with Crippen LogP contribution in [0.15, 0.2) is 54.6 Å². The second-order valence-corrected chi connectivity index (χ2v) is 8.49. The van der Waals surface area contributed by atoms with Gasteiger partial charge in [-0.05, 0) is 36.2 Å². The first-order valence-corrected chi connectivity index (χ1v) is 12.4. The van der Waals surface area contributed by atoms with Crippen molar-refractivity contribution in [3.63, 3.8) is 0 Å². The fourth-order valence-corrected chi connectivity index (χ4v) is 3.95. The lowest BCUT2D eigenvalue weighted by molar-refractivity contribution is -0.155. The quantitative estimate of drug-likeness (QED) is 0.227. The smallest absolute Gasteiger partial charge is 0.346 e. The van der Waals surface area contributed by atoms with Gasteiger partial charge in [-0.3, -0.25) is 9.59 Å². The molecule has 0 amide bonds. The number of carbonyl (C=O) groups excluding carboxylic acids is 4. The predicted octanol–water partition coefficient (Wildman–Crippen LogP) is 3.66. The van der Waals surface area contributed by atoms with Crippen LogP contribution in [0.2, 0.25) is 0 Å². The summed E-state index contributed by atoms with van der Waals surface area (Å²) in [6, 6.07) is 13.6. The highest BCUT2D eigenvalue weighted by atomic mass is 16.6. The molecule has 3 aromatic carbocycles. The summed E-state index contributed by atoms with van der Waals surface area (Å²) in [7, 11) is 8.20. The first-order valence-electron chi connectivity index (χ1n) is 12.4. The van der Waals surface area contributed by atoms with E-state index in [9.17, 15) is 19.2 Å². The molecule has 0 aliphatic rings. The minimum absolute atomic E-state index is 0.113. The molecular formula is C30H30O12. The summed E-state index contributed by atoms with van der Waals surface area (Å²) in [6.07, 6.45) is -0.219. The molecule has 0 atom stereocenters. The Morgan fingerprint density at radius 1 is 0.548 bits per heavy atom. The van der Waals surface area contributed by atoms with Gasteiger partial charge in [0, 0.05) is 0 Å². The molecule has 12 nitrogen and oxygen atoms in total. The van der Waals surface area contributed by atoms with Gasteiger partial charge in [-0.25, -0.2) is 9.59 Å². The van der Waals surface area contributed by atoms with E-state index in [0.29, 0.717) is 5.56 Å². The summed E-state index contributed by atoms with van der Waals surface area (Å²) in [5.41, 5.74) is 0.327. The zero-order chi connectivity index (χ0) is 30.8. The Hall–Kier alpha value is -5.26. The van der Waals surface area contributed by atoms with Gasteiger partial charge in [0.1, 0.15) is 0 Å². The molecular weight excluding hydrogens is 552 g/mol. The van der Waals surface area contributed by atoms with Gasteiger partial charge < -0.3 is 37.9 Å². The number of rotatable bonds is 12. The Kier molecular flexibility index (Phi) is 10.7. The molecule has 0 fully saturated rings. The van der Waals surface area contributed by atoms with Crippen LogP contribution in [-0.2, 0) is 25.5 Å². The summed E-state index contributed by atoms with van der Waals surface area (Å²) in [4.78, 5) is 52.3. The molecule has 0 bridgehead atoms. The Bertz CT molecular complexity index is 1310. The van der Waals surface area contributed by atoms with Crippen molar-refractivity contribution in [2.45, 2.75) is 6.42 Å². The highest BCUT2D eigenvalue weighted by molar-refractivity contribution is 6.07. The van der Waals surface area contributed by atoms with Crippen LogP contribution < -0.4 is 28.4 Å². The van der Waals surface area contributed by atoms with E-state index in [1.807, 2.05) is 0 Å². The molecule has 0 aromatic heterocycles. The summed E-state index contributed by atoms with van der Waals surface area (Å²) >= 11 is 0. The molecule has 0 unspecified atom stereocenters. The van der Waals surface area contributed by atoms with Crippen LogP contribution >= 0.6 is 0 Å². The van der Waals surface area contributed by atoms with Gasteiger partial charge in [-0.1, -0.05) is 30.3 Å². The minimum atomic E-state index is -1.68. The summed E-state index contributed by atoms with van der Waals surface area (Å²) in [5, 5.41) is 0. The number of benzene rings is 3. The lowest BCUT2D eigenvalue weighted by atomic mass is 9.99. The maximum absolute atomic E-state index is 13.2. The van der Waals surface area contributed by atoms with Gasteiger partial charge in [0.25, 0.3) is 0 Å². The standard InChI is InChI=1S/C30H30O12/c1-35-21-13-18(14-22(36-2)25(21)39-5)27(31)41-29(33)20(12-17-10-8-7-9-11-17)30(34)42-28(32)19-15-23(37-3)26(40-6)24(16-19)38-4/h7-11,13-16,20H,12H2,1-6H3. The maximum Gasteiger partial charge on any atom is 0.346 e. The van der Waals surface area contributed by atoms with Crippen LogP contribution in [0, 0.1) is 5.92 Å². The van der Waals surface area contributed by atoms with Crippen LogP contribution in [-0.4, -0.2) is 66.5 Å². The van der Waals surface area contributed by atoms with E-state index in [0.717, 1.165) is 0 Å². The molecule has 0 saturated carbocycles. The van der Waals surface area contributed by atoms with Crippen LogP contribution in [0.3, 0.4) is 0 Å². The summed E-state index contributed by atoms with van der Waals surface area (Å²) < 4.78 is 41.5. The van der Waals surface area contributed by atoms with Crippen molar-refractivity contribution in [2.24, 2.45) is 5.92 Å². The van der Waals surface area contributed by atoms with E-state index in [2.05, 4.69) is 0 Å². The van der Waals surface area contributed by atoms with E-state index < -0.39 is 29.8 Å². The van der Waals surface area contributed by atoms with E-state index in [-0.39, 0.29) is 52.0 Å². The monoisotopic (exact) mass is 582 g/mol. The lowest BCUT2D eigenvalue weighted by Gasteiger charge is -2.16. The zero-order valence-electron chi connectivity index (χ0n) is 23.9. The first-order chi connectivity index (χ1) is 20.2. The highest BCUT2D eigenvalue weighted by Crippen LogP contribution is 2.39. The third kappa shape index (κ3) is 7.08. The van der Waals surface area contributed by atoms with Crippen LogP contribution in [0.4, 0.5) is 0 Å².